The molecule has 0 aliphatic carbocycles. The molecule has 0 heterocycles. The van der Waals surface area contributed by atoms with E-state index in [9.17, 15) is 4.79 Å². The number of rotatable bonds is 5. The van der Waals surface area contributed by atoms with Crippen molar-refractivity contribution in [2.75, 3.05) is 18.5 Å². The van der Waals surface area contributed by atoms with Crippen molar-refractivity contribution in [3.8, 4) is 0 Å². The molecule has 0 bridgehead atoms. The predicted octanol–water partition coefficient (Wildman–Crippen LogP) is 3.97. The molecule has 0 saturated heterocycles. The molecule has 1 N–H and O–H groups in total. The standard InChI is InChI=1S/C15H16BrNO2/c1-2-9-19-10-15(18)17-14-8-7-13(16)11-5-3-4-6-12(11)14/h3-8H,2,9-10H2,1H3,(H,17,18). The Kier molecular flexibility index (Phi) is 4.93. The lowest BCUT2D eigenvalue weighted by atomic mass is 10.1. The van der Waals surface area contributed by atoms with E-state index in [1.165, 1.54) is 0 Å². The lowest BCUT2D eigenvalue weighted by Gasteiger charge is -2.10. The summed E-state index contributed by atoms with van der Waals surface area (Å²) in [6.45, 7) is 2.72. The van der Waals surface area contributed by atoms with Gasteiger partial charge in [-0.3, -0.25) is 4.79 Å². The van der Waals surface area contributed by atoms with E-state index in [2.05, 4.69) is 21.2 Å². The van der Waals surface area contributed by atoms with E-state index < -0.39 is 0 Å². The van der Waals surface area contributed by atoms with Crippen LogP contribution in [0.1, 0.15) is 13.3 Å². The first-order valence-electron chi connectivity index (χ1n) is 6.27. The second-order valence-electron chi connectivity index (χ2n) is 4.24. The number of anilines is 1. The molecule has 0 unspecified atom stereocenters. The topological polar surface area (TPSA) is 38.3 Å². The maximum Gasteiger partial charge on any atom is 0.250 e. The van der Waals surface area contributed by atoms with Gasteiger partial charge < -0.3 is 10.1 Å². The van der Waals surface area contributed by atoms with Crippen molar-refractivity contribution in [2.24, 2.45) is 0 Å². The summed E-state index contributed by atoms with van der Waals surface area (Å²) < 4.78 is 6.25. The fourth-order valence-electron chi connectivity index (χ4n) is 1.87. The maximum atomic E-state index is 11.8. The van der Waals surface area contributed by atoms with Gasteiger partial charge in [-0.05, 0) is 23.9 Å². The average Bonchev–Trinajstić information content (AvgIpc) is 2.43. The number of carbonyl (C=O) groups is 1. The minimum atomic E-state index is -0.124. The highest BCUT2D eigenvalue weighted by atomic mass is 79.9. The fraction of sp³-hybridized carbons (Fsp3) is 0.267. The number of benzene rings is 2. The molecular formula is C15H16BrNO2. The molecule has 0 aliphatic rings. The highest BCUT2D eigenvalue weighted by Gasteiger charge is 2.07. The normalized spacial score (nSPS) is 10.6. The molecular weight excluding hydrogens is 306 g/mol. The van der Waals surface area contributed by atoms with Gasteiger partial charge >= 0.3 is 0 Å². The minimum Gasteiger partial charge on any atom is -0.372 e. The highest BCUT2D eigenvalue weighted by Crippen LogP contribution is 2.29. The van der Waals surface area contributed by atoms with Crippen LogP contribution in [0.2, 0.25) is 0 Å². The van der Waals surface area contributed by atoms with Crippen LogP contribution in [0.5, 0.6) is 0 Å². The van der Waals surface area contributed by atoms with Crippen molar-refractivity contribution in [2.45, 2.75) is 13.3 Å². The Balaban J connectivity index is 2.17. The minimum absolute atomic E-state index is 0.0955. The van der Waals surface area contributed by atoms with Gasteiger partial charge in [-0.15, -0.1) is 0 Å². The van der Waals surface area contributed by atoms with Crippen LogP contribution >= 0.6 is 15.9 Å². The zero-order valence-corrected chi connectivity index (χ0v) is 12.4. The van der Waals surface area contributed by atoms with Gasteiger partial charge in [0.05, 0.1) is 0 Å². The molecule has 19 heavy (non-hydrogen) atoms. The monoisotopic (exact) mass is 321 g/mol. The summed E-state index contributed by atoms with van der Waals surface area (Å²) in [5.74, 6) is -0.124. The molecule has 4 heteroatoms. The Morgan fingerprint density at radius 3 is 2.68 bits per heavy atom. The van der Waals surface area contributed by atoms with Crippen molar-refractivity contribution in [1.82, 2.24) is 0 Å². The van der Waals surface area contributed by atoms with E-state index in [1.54, 1.807) is 0 Å². The molecule has 0 spiro atoms. The Morgan fingerprint density at radius 1 is 1.21 bits per heavy atom. The molecule has 2 aromatic carbocycles. The van der Waals surface area contributed by atoms with Gasteiger partial charge in [0.25, 0.3) is 0 Å². The van der Waals surface area contributed by atoms with Gasteiger partial charge in [0.1, 0.15) is 6.61 Å². The van der Waals surface area contributed by atoms with E-state index in [0.717, 1.165) is 27.4 Å². The third-order valence-corrected chi connectivity index (χ3v) is 3.42. The third kappa shape index (κ3) is 3.55. The fourth-order valence-corrected chi connectivity index (χ4v) is 2.34. The van der Waals surface area contributed by atoms with E-state index in [-0.39, 0.29) is 12.5 Å². The first kappa shape index (κ1) is 14.0. The number of hydrogen-bond donors (Lipinski definition) is 1. The summed E-state index contributed by atoms with van der Waals surface area (Å²) in [5.41, 5.74) is 0.809. The third-order valence-electron chi connectivity index (χ3n) is 2.73. The zero-order chi connectivity index (χ0) is 13.7. The Hall–Kier alpha value is -1.39. The first-order chi connectivity index (χ1) is 9.22. The van der Waals surface area contributed by atoms with Gasteiger partial charge in [-0.25, -0.2) is 0 Å². The van der Waals surface area contributed by atoms with Crippen LogP contribution in [0.4, 0.5) is 5.69 Å². The van der Waals surface area contributed by atoms with Crippen LogP contribution in [0.15, 0.2) is 40.9 Å². The van der Waals surface area contributed by atoms with Gasteiger partial charge in [0.15, 0.2) is 0 Å². The lowest BCUT2D eigenvalue weighted by Crippen LogP contribution is -2.18. The molecule has 1 amide bonds. The van der Waals surface area contributed by atoms with Gasteiger partial charge in [0.2, 0.25) is 5.91 Å². The predicted molar refractivity (Wildman–Crippen MR) is 81.4 cm³/mol. The van der Waals surface area contributed by atoms with E-state index in [0.29, 0.717) is 6.61 Å². The van der Waals surface area contributed by atoms with Crippen LogP contribution in [0.25, 0.3) is 10.8 Å². The Bertz CT molecular complexity index is 583. The summed E-state index contributed by atoms with van der Waals surface area (Å²) in [6, 6.07) is 11.8. The molecule has 2 aromatic rings. The van der Waals surface area contributed by atoms with Gasteiger partial charge in [0, 0.05) is 22.2 Å². The Labute approximate surface area is 121 Å². The lowest BCUT2D eigenvalue weighted by molar-refractivity contribution is -0.120. The number of carbonyl (C=O) groups excluding carboxylic acids is 1. The van der Waals surface area contributed by atoms with E-state index in [1.807, 2.05) is 43.3 Å². The zero-order valence-electron chi connectivity index (χ0n) is 10.8. The van der Waals surface area contributed by atoms with Crippen molar-refractivity contribution in [1.29, 1.82) is 0 Å². The second-order valence-corrected chi connectivity index (χ2v) is 5.10. The molecule has 0 fully saturated rings. The SMILES string of the molecule is CCCOCC(=O)Nc1ccc(Br)c2ccccc12. The summed E-state index contributed by atoms with van der Waals surface area (Å²) >= 11 is 3.51. The van der Waals surface area contributed by atoms with E-state index >= 15 is 0 Å². The molecule has 2 rings (SSSR count). The summed E-state index contributed by atoms with van der Waals surface area (Å²) in [5, 5.41) is 4.98. The summed E-state index contributed by atoms with van der Waals surface area (Å²) in [4.78, 5) is 11.8. The van der Waals surface area contributed by atoms with Crippen LogP contribution in [-0.2, 0) is 9.53 Å². The second kappa shape index (κ2) is 6.68. The van der Waals surface area contributed by atoms with Gasteiger partial charge in [-0.2, -0.15) is 0 Å². The van der Waals surface area contributed by atoms with Crippen molar-refractivity contribution >= 4 is 38.3 Å². The van der Waals surface area contributed by atoms with Crippen LogP contribution in [-0.4, -0.2) is 19.1 Å². The molecule has 3 nitrogen and oxygen atoms in total. The number of amides is 1. The average molecular weight is 322 g/mol. The first-order valence-corrected chi connectivity index (χ1v) is 7.06. The largest absolute Gasteiger partial charge is 0.372 e. The molecule has 0 atom stereocenters. The molecule has 0 aliphatic heterocycles. The number of halogens is 1. The molecule has 100 valence electrons. The number of ether oxygens (including phenoxy) is 1. The van der Waals surface area contributed by atoms with Crippen molar-refractivity contribution < 1.29 is 9.53 Å². The van der Waals surface area contributed by atoms with Crippen molar-refractivity contribution in [3.05, 3.63) is 40.9 Å². The molecule has 0 aromatic heterocycles. The van der Waals surface area contributed by atoms with Crippen molar-refractivity contribution in [3.63, 3.8) is 0 Å². The number of hydrogen-bond acceptors (Lipinski definition) is 2. The Morgan fingerprint density at radius 2 is 1.95 bits per heavy atom. The smallest absolute Gasteiger partial charge is 0.250 e. The van der Waals surface area contributed by atoms with Gasteiger partial charge in [-0.1, -0.05) is 47.1 Å². The quantitative estimate of drug-likeness (QED) is 0.846. The van der Waals surface area contributed by atoms with Crippen LogP contribution < -0.4 is 5.32 Å². The number of fused-ring (bicyclic) bond motifs is 1. The molecule has 0 radical (unpaired) electrons. The van der Waals surface area contributed by atoms with Crippen LogP contribution in [0, 0.1) is 0 Å². The summed E-state index contributed by atoms with van der Waals surface area (Å²) in [6.07, 6.45) is 0.911. The number of nitrogens with one attached hydrogen (secondary N) is 1. The van der Waals surface area contributed by atoms with E-state index in [4.69, 9.17) is 4.74 Å². The summed E-state index contributed by atoms with van der Waals surface area (Å²) in [7, 11) is 0. The molecule has 0 saturated carbocycles. The maximum absolute atomic E-state index is 11.8. The highest BCUT2D eigenvalue weighted by molar-refractivity contribution is 9.10. The van der Waals surface area contributed by atoms with Crippen LogP contribution in [0.3, 0.4) is 0 Å².